The quantitative estimate of drug-likeness (QED) is 0.676. The number of amides is 1. The van der Waals surface area contributed by atoms with Crippen LogP contribution in [-0.4, -0.2) is 39.9 Å². The second-order valence-electron chi connectivity index (χ2n) is 3.60. The Morgan fingerprint density at radius 2 is 2.40 bits per heavy atom. The van der Waals surface area contributed by atoms with Gasteiger partial charge in [-0.1, -0.05) is 0 Å². The lowest BCUT2D eigenvalue weighted by molar-refractivity contribution is 0.00322. The number of aliphatic hydroxyl groups is 2. The second kappa shape index (κ2) is 4.69. The van der Waals surface area contributed by atoms with Crippen LogP contribution in [0.3, 0.4) is 0 Å². The Morgan fingerprint density at radius 1 is 1.73 bits per heavy atom. The van der Waals surface area contributed by atoms with Crippen LogP contribution in [0.4, 0.5) is 0 Å². The van der Waals surface area contributed by atoms with Crippen LogP contribution in [0.25, 0.3) is 0 Å². The van der Waals surface area contributed by atoms with E-state index in [0.29, 0.717) is 10.6 Å². The minimum absolute atomic E-state index is 0.0136. The van der Waals surface area contributed by atoms with E-state index in [1.54, 1.807) is 12.4 Å². The average molecular weight is 230 g/mol. The first kappa shape index (κ1) is 12.1. The highest BCUT2D eigenvalue weighted by Crippen LogP contribution is 2.11. The van der Waals surface area contributed by atoms with Crippen molar-refractivity contribution in [3.8, 4) is 0 Å². The van der Waals surface area contributed by atoms with Gasteiger partial charge in [0.25, 0.3) is 5.91 Å². The summed E-state index contributed by atoms with van der Waals surface area (Å²) in [4.78, 5) is 16.0. The summed E-state index contributed by atoms with van der Waals surface area (Å²) in [5, 5.41) is 20.8. The van der Waals surface area contributed by atoms with Crippen LogP contribution in [-0.2, 0) is 0 Å². The first-order valence-corrected chi connectivity index (χ1v) is 5.36. The van der Waals surface area contributed by atoms with Crippen LogP contribution in [0.2, 0.25) is 0 Å². The Hall–Kier alpha value is -0.980. The van der Waals surface area contributed by atoms with Crippen molar-refractivity contribution in [1.29, 1.82) is 0 Å². The molecule has 5 nitrogen and oxygen atoms in total. The molecule has 0 aliphatic carbocycles. The molecule has 1 heterocycles. The molecule has 0 aliphatic heterocycles. The van der Waals surface area contributed by atoms with E-state index in [-0.39, 0.29) is 12.5 Å². The van der Waals surface area contributed by atoms with Crippen molar-refractivity contribution in [1.82, 2.24) is 10.3 Å². The Morgan fingerprint density at radius 3 is 2.87 bits per heavy atom. The van der Waals surface area contributed by atoms with E-state index in [9.17, 15) is 9.90 Å². The van der Waals surface area contributed by atoms with Gasteiger partial charge in [0.15, 0.2) is 0 Å². The van der Waals surface area contributed by atoms with E-state index in [1.165, 1.54) is 18.3 Å². The van der Waals surface area contributed by atoms with Crippen molar-refractivity contribution < 1.29 is 15.0 Å². The molecule has 15 heavy (non-hydrogen) atoms. The zero-order valence-electron chi connectivity index (χ0n) is 8.65. The van der Waals surface area contributed by atoms with E-state index in [1.807, 2.05) is 0 Å². The van der Waals surface area contributed by atoms with Gasteiger partial charge in [-0.3, -0.25) is 4.79 Å². The van der Waals surface area contributed by atoms with Gasteiger partial charge >= 0.3 is 0 Å². The van der Waals surface area contributed by atoms with Gasteiger partial charge in [0.2, 0.25) is 0 Å². The summed E-state index contributed by atoms with van der Waals surface area (Å²) in [7, 11) is 0. The van der Waals surface area contributed by atoms with E-state index in [0.717, 1.165) is 0 Å². The first-order chi connectivity index (χ1) is 6.96. The fourth-order valence-electron chi connectivity index (χ4n) is 0.927. The van der Waals surface area contributed by atoms with Gasteiger partial charge in [-0.25, -0.2) is 4.98 Å². The van der Waals surface area contributed by atoms with Crippen LogP contribution < -0.4 is 5.32 Å². The molecule has 0 saturated heterocycles. The standard InChI is InChI=1S/C9H14N2O3S/c1-6-7(15-5-11-6)8(13)10-3-9(2,14)4-12/h5,12,14H,3-4H2,1-2H3,(H,10,13). The highest BCUT2D eigenvalue weighted by molar-refractivity contribution is 7.11. The lowest BCUT2D eigenvalue weighted by Crippen LogP contribution is -2.43. The van der Waals surface area contributed by atoms with Gasteiger partial charge in [-0.15, -0.1) is 11.3 Å². The Bertz CT molecular complexity index is 349. The van der Waals surface area contributed by atoms with E-state index in [4.69, 9.17) is 5.11 Å². The van der Waals surface area contributed by atoms with Crippen LogP contribution in [0.15, 0.2) is 5.51 Å². The highest BCUT2D eigenvalue weighted by atomic mass is 32.1. The number of aliphatic hydroxyl groups excluding tert-OH is 1. The third kappa shape index (κ3) is 3.26. The van der Waals surface area contributed by atoms with Crippen molar-refractivity contribution >= 4 is 17.2 Å². The highest BCUT2D eigenvalue weighted by Gasteiger charge is 2.21. The molecule has 0 spiro atoms. The monoisotopic (exact) mass is 230 g/mol. The molecule has 0 bridgehead atoms. The van der Waals surface area contributed by atoms with Gasteiger partial charge < -0.3 is 15.5 Å². The van der Waals surface area contributed by atoms with Gasteiger partial charge in [0.1, 0.15) is 10.5 Å². The fraction of sp³-hybridized carbons (Fsp3) is 0.556. The summed E-state index contributed by atoms with van der Waals surface area (Å²) in [6, 6.07) is 0. The molecule has 6 heteroatoms. The SMILES string of the molecule is Cc1ncsc1C(=O)NCC(C)(O)CO. The lowest BCUT2D eigenvalue weighted by atomic mass is 10.1. The minimum atomic E-state index is -1.28. The Balaban J connectivity index is 2.55. The summed E-state index contributed by atoms with van der Waals surface area (Å²) in [5.41, 5.74) is 0.976. The number of rotatable bonds is 4. The number of carbonyl (C=O) groups excluding carboxylic acids is 1. The lowest BCUT2D eigenvalue weighted by Gasteiger charge is -2.20. The van der Waals surface area contributed by atoms with Crippen LogP contribution in [0.5, 0.6) is 0 Å². The molecule has 1 unspecified atom stereocenters. The predicted molar refractivity (Wildman–Crippen MR) is 56.9 cm³/mol. The Kier molecular flexibility index (Phi) is 3.78. The third-order valence-corrected chi connectivity index (χ3v) is 2.85. The molecule has 1 atom stereocenters. The number of hydrogen-bond acceptors (Lipinski definition) is 5. The maximum atomic E-state index is 11.6. The summed E-state index contributed by atoms with van der Waals surface area (Å²) >= 11 is 1.25. The molecule has 1 aromatic rings. The molecule has 3 N–H and O–H groups in total. The van der Waals surface area contributed by atoms with Gasteiger partial charge in [0.05, 0.1) is 17.8 Å². The number of aromatic nitrogens is 1. The van der Waals surface area contributed by atoms with E-state index < -0.39 is 12.2 Å². The van der Waals surface area contributed by atoms with Crippen LogP contribution in [0.1, 0.15) is 22.3 Å². The summed E-state index contributed by atoms with van der Waals surface area (Å²) in [6.45, 7) is 2.82. The summed E-state index contributed by atoms with van der Waals surface area (Å²) in [6.07, 6.45) is 0. The molecule has 0 aliphatic rings. The van der Waals surface area contributed by atoms with E-state index in [2.05, 4.69) is 10.3 Å². The predicted octanol–water partition coefficient (Wildman–Crippen LogP) is -0.0754. The molecule has 0 radical (unpaired) electrons. The number of carbonyl (C=O) groups is 1. The maximum absolute atomic E-state index is 11.6. The molecule has 0 aromatic carbocycles. The number of aryl methyl sites for hydroxylation is 1. The molecule has 1 amide bonds. The number of nitrogens with one attached hydrogen (secondary N) is 1. The molecule has 0 fully saturated rings. The Labute approximate surface area is 91.8 Å². The normalized spacial score (nSPS) is 14.7. The minimum Gasteiger partial charge on any atom is -0.393 e. The van der Waals surface area contributed by atoms with Crippen molar-refractivity contribution in [2.75, 3.05) is 13.2 Å². The molecule has 0 saturated carbocycles. The summed E-state index contributed by atoms with van der Waals surface area (Å²) in [5.74, 6) is -0.274. The fourth-order valence-corrected chi connectivity index (χ4v) is 1.65. The largest absolute Gasteiger partial charge is 0.393 e. The number of nitrogens with zero attached hydrogens (tertiary/aromatic N) is 1. The molecular weight excluding hydrogens is 216 g/mol. The zero-order valence-corrected chi connectivity index (χ0v) is 9.47. The zero-order chi connectivity index (χ0) is 11.5. The van der Waals surface area contributed by atoms with Gasteiger partial charge in [0, 0.05) is 6.54 Å². The van der Waals surface area contributed by atoms with Crippen molar-refractivity contribution in [3.63, 3.8) is 0 Å². The number of thiazole rings is 1. The second-order valence-corrected chi connectivity index (χ2v) is 4.46. The van der Waals surface area contributed by atoms with Gasteiger partial charge in [-0.2, -0.15) is 0 Å². The molecule has 1 aromatic heterocycles. The summed E-state index contributed by atoms with van der Waals surface area (Å²) < 4.78 is 0. The average Bonchev–Trinajstić information content (AvgIpc) is 2.61. The van der Waals surface area contributed by atoms with Crippen molar-refractivity contribution in [2.24, 2.45) is 0 Å². The molecular formula is C9H14N2O3S. The van der Waals surface area contributed by atoms with Crippen molar-refractivity contribution in [2.45, 2.75) is 19.4 Å². The molecule has 1 rings (SSSR count). The third-order valence-electron chi connectivity index (χ3n) is 1.92. The van der Waals surface area contributed by atoms with Crippen LogP contribution in [0, 0.1) is 6.92 Å². The van der Waals surface area contributed by atoms with Crippen molar-refractivity contribution in [3.05, 3.63) is 16.1 Å². The molecule has 84 valence electrons. The number of hydrogen-bond donors (Lipinski definition) is 3. The van der Waals surface area contributed by atoms with Crippen LogP contribution >= 0.6 is 11.3 Å². The smallest absolute Gasteiger partial charge is 0.263 e. The van der Waals surface area contributed by atoms with Gasteiger partial charge in [-0.05, 0) is 13.8 Å². The maximum Gasteiger partial charge on any atom is 0.263 e. The van der Waals surface area contributed by atoms with E-state index >= 15 is 0 Å². The first-order valence-electron chi connectivity index (χ1n) is 4.48. The topological polar surface area (TPSA) is 82.5 Å².